The molecule has 5 rings (SSSR count). The van der Waals surface area contributed by atoms with Gasteiger partial charge < -0.3 is 4.90 Å². The lowest BCUT2D eigenvalue weighted by Gasteiger charge is -2.20. The van der Waals surface area contributed by atoms with E-state index in [1.807, 2.05) is 35.2 Å². The molecule has 1 amide bonds. The number of hydrogen-bond donors (Lipinski definition) is 0. The first-order valence-corrected chi connectivity index (χ1v) is 12.0. The van der Waals surface area contributed by atoms with Crippen LogP contribution in [0.3, 0.4) is 0 Å². The lowest BCUT2D eigenvalue weighted by Crippen LogP contribution is -2.28. The number of nitrogens with zero attached hydrogens (tertiary/aromatic N) is 2. The van der Waals surface area contributed by atoms with Gasteiger partial charge in [-0.25, -0.2) is 0 Å². The summed E-state index contributed by atoms with van der Waals surface area (Å²) in [5, 5.41) is 9.18. The van der Waals surface area contributed by atoms with Gasteiger partial charge in [-0.1, -0.05) is 99.6 Å². The summed E-state index contributed by atoms with van der Waals surface area (Å²) in [7, 11) is 0. The van der Waals surface area contributed by atoms with E-state index in [1.165, 1.54) is 5.56 Å². The van der Waals surface area contributed by atoms with E-state index in [1.54, 1.807) is 12.1 Å². The van der Waals surface area contributed by atoms with Gasteiger partial charge in [0.25, 0.3) is 0 Å². The van der Waals surface area contributed by atoms with Gasteiger partial charge in [0.2, 0.25) is 5.91 Å². The molecular weight excluding hydrogens is 428 g/mol. The van der Waals surface area contributed by atoms with E-state index in [9.17, 15) is 10.1 Å². The Bertz CT molecular complexity index is 1410. The van der Waals surface area contributed by atoms with Crippen LogP contribution < -0.4 is 4.90 Å². The number of hydrogen-bond acceptors (Lipinski definition) is 2. The highest BCUT2D eigenvalue weighted by Crippen LogP contribution is 2.44. The van der Waals surface area contributed by atoms with Crippen LogP contribution in [-0.2, 0) is 16.8 Å². The number of nitriles is 1. The van der Waals surface area contributed by atoms with Crippen molar-refractivity contribution in [2.45, 2.75) is 38.6 Å². The maximum absolute atomic E-state index is 13.8. The van der Waals surface area contributed by atoms with Crippen LogP contribution in [0, 0.1) is 11.3 Å². The zero-order valence-corrected chi connectivity index (χ0v) is 20.3. The molecule has 3 nitrogen and oxygen atoms in total. The maximum atomic E-state index is 13.8. The molecule has 1 aliphatic rings. The molecule has 0 fully saturated rings. The Morgan fingerprint density at radius 3 is 2.11 bits per heavy atom. The van der Waals surface area contributed by atoms with Crippen molar-refractivity contribution in [3.8, 4) is 17.2 Å². The molecular formula is C32H28N2O. The summed E-state index contributed by atoms with van der Waals surface area (Å²) >= 11 is 0. The van der Waals surface area contributed by atoms with Crippen molar-refractivity contribution in [3.63, 3.8) is 0 Å². The molecule has 1 aliphatic heterocycles. The average molecular weight is 457 g/mol. The predicted octanol–water partition coefficient (Wildman–Crippen LogP) is 7.20. The second kappa shape index (κ2) is 8.89. The first-order chi connectivity index (χ1) is 16.8. The number of benzene rings is 4. The predicted molar refractivity (Wildman–Crippen MR) is 141 cm³/mol. The molecule has 172 valence electrons. The van der Waals surface area contributed by atoms with Crippen molar-refractivity contribution in [1.82, 2.24) is 0 Å². The van der Waals surface area contributed by atoms with E-state index in [2.05, 4.69) is 81.4 Å². The highest BCUT2D eigenvalue weighted by Gasteiger charge is 2.38. The normalized spacial score (nSPS) is 15.1. The molecule has 1 unspecified atom stereocenters. The van der Waals surface area contributed by atoms with Crippen molar-refractivity contribution >= 4 is 11.6 Å². The molecule has 3 heteroatoms. The molecule has 0 bridgehead atoms. The maximum Gasteiger partial charge on any atom is 0.239 e. The van der Waals surface area contributed by atoms with Crippen molar-refractivity contribution in [2.24, 2.45) is 0 Å². The Balaban J connectivity index is 1.57. The Morgan fingerprint density at radius 2 is 1.49 bits per heavy atom. The van der Waals surface area contributed by atoms with Crippen molar-refractivity contribution < 1.29 is 4.79 Å². The lowest BCUT2D eigenvalue weighted by atomic mass is 9.86. The number of carbonyl (C=O) groups excluding carboxylic acids is 1. The van der Waals surface area contributed by atoms with Crippen LogP contribution in [0.25, 0.3) is 11.1 Å². The second-order valence-corrected chi connectivity index (χ2v) is 10.2. The first kappa shape index (κ1) is 22.6. The minimum absolute atomic E-state index is 0.0637. The van der Waals surface area contributed by atoms with Crippen molar-refractivity contribution in [3.05, 3.63) is 125 Å². The largest absolute Gasteiger partial charge is 0.307 e. The Kier molecular flexibility index (Phi) is 5.75. The van der Waals surface area contributed by atoms with Crippen LogP contribution in [0.15, 0.2) is 97.1 Å². The Morgan fingerprint density at radius 1 is 0.829 bits per heavy atom. The van der Waals surface area contributed by atoms with E-state index in [0.717, 1.165) is 33.5 Å². The third-order valence-corrected chi connectivity index (χ3v) is 6.79. The standard InChI is InChI=1S/C32H28N2O/c1-32(2,3)27-16-13-24(14-17-27)26-15-18-28-29(19-26)34(21-23-7-5-4-6-8-23)31(35)30(28)25-11-9-22(20-33)10-12-25/h4-19,30H,21H2,1-3H3. The molecule has 0 aromatic heterocycles. The fourth-order valence-corrected chi connectivity index (χ4v) is 4.77. The van der Waals surface area contributed by atoms with Gasteiger partial charge >= 0.3 is 0 Å². The zero-order valence-electron chi connectivity index (χ0n) is 20.3. The number of amides is 1. The summed E-state index contributed by atoms with van der Waals surface area (Å²) in [6.07, 6.45) is 0. The molecule has 0 N–H and O–H groups in total. The quantitative estimate of drug-likeness (QED) is 0.326. The monoisotopic (exact) mass is 456 g/mol. The summed E-state index contributed by atoms with van der Waals surface area (Å²) in [5.74, 6) is -0.312. The Hall–Kier alpha value is -4.16. The smallest absolute Gasteiger partial charge is 0.239 e. The highest BCUT2D eigenvalue weighted by molar-refractivity contribution is 6.07. The topological polar surface area (TPSA) is 44.1 Å². The second-order valence-electron chi connectivity index (χ2n) is 10.2. The van der Waals surface area contributed by atoms with E-state index >= 15 is 0 Å². The van der Waals surface area contributed by atoms with E-state index in [0.29, 0.717) is 12.1 Å². The molecule has 1 heterocycles. The summed E-state index contributed by atoms with van der Waals surface area (Å²) < 4.78 is 0. The molecule has 4 aromatic rings. The van der Waals surface area contributed by atoms with Gasteiger partial charge in [-0.05, 0) is 57.0 Å². The third-order valence-electron chi connectivity index (χ3n) is 6.79. The molecule has 0 saturated heterocycles. The van der Waals surface area contributed by atoms with E-state index < -0.39 is 0 Å². The fourth-order valence-electron chi connectivity index (χ4n) is 4.77. The number of fused-ring (bicyclic) bond motifs is 1. The zero-order chi connectivity index (χ0) is 24.6. The van der Waals surface area contributed by atoms with Crippen LogP contribution in [0.4, 0.5) is 5.69 Å². The van der Waals surface area contributed by atoms with Gasteiger partial charge in [0.1, 0.15) is 0 Å². The minimum Gasteiger partial charge on any atom is -0.307 e. The fraction of sp³-hybridized carbons (Fsp3) is 0.188. The van der Waals surface area contributed by atoms with Crippen LogP contribution >= 0.6 is 0 Å². The molecule has 4 aromatic carbocycles. The van der Waals surface area contributed by atoms with Crippen LogP contribution in [0.2, 0.25) is 0 Å². The van der Waals surface area contributed by atoms with Gasteiger partial charge in [0.15, 0.2) is 0 Å². The number of rotatable bonds is 4. The van der Waals surface area contributed by atoms with Gasteiger partial charge in [-0.15, -0.1) is 0 Å². The van der Waals surface area contributed by atoms with Crippen LogP contribution in [0.5, 0.6) is 0 Å². The third kappa shape index (κ3) is 4.36. The van der Waals surface area contributed by atoms with E-state index in [4.69, 9.17) is 0 Å². The van der Waals surface area contributed by atoms with Gasteiger partial charge in [-0.2, -0.15) is 5.26 Å². The summed E-state index contributed by atoms with van der Waals surface area (Å²) in [6.45, 7) is 7.17. The van der Waals surface area contributed by atoms with Gasteiger partial charge in [0, 0.05) is 5.69 Å². The molecule has 0 saturated carbocycles. The van der Waals surface area contributed by atoms with Crippen molar-refractivity contribution in [2.75, 3.05) is 4.90 Å². The summed E-state index contributed by atoms with van der Waals surface area (Å²) in [5.41, 5.74) is 8.17. The van der Waals surface area contributed by atoms with E-state index in [-0.39, 0.29) is 17.2 Å². The molecule has 0 aliphatic carbocycles. The SMILES string of the molecule is CC(C)(C)c1ccc(-c2ccc3c(c2)N(Cc2ccccc2)C(=O)C3c2ccc(C#N)cc2)cc1. The lowest BCUT2D eigenvalue weighted by molar-refractivity contribution is -0.118. The molecule has 1 atom stereocenters. The van der Waals surface area contributed by atoms with Gasteiger partial charge in [-0.3, -0.25) is 4.79 Å². The average Bonchev–Trinajstić information content (AvgIpc) is 3.14. The first-order valence-electron chi connectivity index (χ1n) is 12.0. The minimum atomic E-state index is -0.376. The van der Waals surface area contributed by atoms with Crippen molar-refractivity contribution in [1.29, 1.82) is 5.26 Å². The molecule has 35 heavy (non-hydrogen) atoms. The molecule has 0 spiro atoms. The van der Waals surface area contributed by atoms with Crippen LogP contribution in [0.1, 0.15) is 54.5 Å². The Labute approximate surface area is 207 Å². The summed E-state index contributed by atoms with van der Waals surface area (Å²) in [4.78, 5) is 15.7. The van der Waals surface area contributed by atoms with Gasteiger partial charge in [0.05, 0.1) is 24.1 Å². The highest BCUT2D eigenvalue weighted by atomic mass is 16.2. The van der Waals surface area contributed by atoms with Crippen LogP contribution in [-0.4, -0.2) is 5.91 Å². The number of carbonyl (C=O) groups is 1. The molecule has 0 radical (unpaired) electrons. The summed E-state index contributed by atoms with van der Waals surface area (Å²) in [6, 6.07) is 34.7. The number of anilines is 1.